The van der Waals surface area contributed by atoms with E-state index in [1.165, 1.54) is 17.7 Å². The highest BCUT2D eigenvalue weighted by molar-refractivity contribution is 6.10. The number of fused-ring (bicyclic) bond motifs is 1. The second kappa shape index (κ2) is 10.4. The van der Waals surface area contributed by atoms with E-state index < -0.39 is 5.82 Å². The molecule has 1 aliphatic carbocycles. The van der Waals surface area contributed by atoms with Gasteiger partial charge in [0.1, 0.15) is 11.6 Å². The zero-order valence-electron chi connectivity index (χ0n) is 20.6. The molecule has 0 spiro atoms. The number of rotatable bonds is 7. The number of nitrogens with zero attached hydrogens (tertiary/aromatic N) is 2. The van der Waals surface area contributed by atoms with Crippen LogP contribution in [0.5, 0.6) is 5.75 Å². The van der Waals surface area contributed by atoms with Crippen molar-refractivity contribution in [1.82, 2.24) is 14.8 Å². The number of aromatic nitrogens is 1. The van der Waals surface area contributed by atoms with Crippen molar-refractivity contribution in [1.29, 1.82) is 0 Å². The third-order valence-electron chi connectivity index (χ3n) is 7.60. The first-order valence-electron chi connectivity index (χ1n) is 12.6. The first-order chi connectivity index (χ1) is 17.1. The van der Waals surface area contributed by atoms with Crippen LogP contribution in [0.2, 0.25) is 0 Å². The number of amides is 1. The summed E-state index contributed by atoms with van der Waals surface area (Å²) in [6.45, 7) is 6.71. The van der Waals surface area contributed by atoms with Crippen LogP contribution in [0, 0.1) is 12.7 Å². The first-order valence-corrected chi connectivity index (χ1v) is 12.6. The number of hydrogen-bond donors (Lipinski definition) is 1. The van der Waals surface area contributed by atoms with Gasteiger partial charge in [-0.3, -0.25) is 9.69 Å². The second-order valence-electron chi connectivity index (χ2n) is 9.60. The summed E-state index contributed by atoms with van der Waals surface area (Å²) in [4.78, 5) is 16.1. The van der Waals surface area contributed by atoms with Gasteiger partial charge in [0.2, 0.25) is 0 Å². The third kappa shape index (κ3) is 4.80. The van der Waals surface area contributed by atoms with E-state index in [1.54, 1.807) is 7.11 Å². The molecule has 3 aromatic rings. The van der Waals surface area contributed by atoms with Crippen molar-refractivity contribution in [2.45, 2.75) is 44.7 Å². The molecule has 2 aliphatic rings. The molecule has 1 saturated heterocycles. The quantitative estimate of drug-likeness (QED) is 0.542. The fourth-order valence-corrected chi connectivity index (χ4v) is 5.80. The van der Waals surface area contributed by atoms with E-state index in [4.69, 9.17) is 9.47 Å². The molecule has 2 heterocycles. The van der Waals surface area contributed by atoms with Crippen molar-refractivity contribution in [3.05, 3.63) is 65.1 Å². The van der Waals surface area contributed by atoms with Gasteiger partial charge in [-0.05, 0) is 31.4 Å². The number of carbonyl (C=O) groups is 1. The summed E-state index contributed by atoms with van der Waals surface area (Å²) in [5.74, 6) is 0.198. The van der Waals surface area contributed by atoms with Crippen molar-refractivity contribution in [3.63, 3.8) is 0 Å². The van der Waals surface area contributed by atoms with Gasteiger partial charge in [0.15, 0.2) is 0 Å². The maximum Gasteiger partial charge on any atom is 0.253 e. The van der Waals surface area contributed by atoms with Crippen molar-refractivity contribution in [2.24, 2.45) is 0 Å². The monoisotopic (exact) mass is 479 g/mol. The van der Waals surface area contributed by atoms with E-state index in [0.29, 0.717) is 29.2 Å². The van der Waals surface area contributed by atoms with Gasteiger partial charge in [-0.1, -0.05) is 36.8 Å². The van der Waals surface area contributed by atoms with Gasteiger partial charge in [0, 0.05) is 55.3 Å². The van der Waals surface area contributed by atoms with Gasteiger partial charge in [-0.15, -0.1) is 0 Å². The summed E-state index contributed by atoms with van der Waals surface area (Å²) in [6.07, 6.45) is 3.07. The van der Waals surface area contributed by atoms with Crippen LogP contribution in [-0.2, 0) is 11.3 Å². The van der Waals surface area contributed by atoms with Crippen molar-refractivity contribution in [3.8, 4) is 5.75 Å². The number of nitrogens with one attached hydrogen (secondary N) is 1. The fourth-order valence-electron chi connectivity index (χ4n) is 5.80. The minimum Gasteiger partial charge on any atom is -0.494 e. The number of halogens is 1. The minimum atomic E-state index is -0.406. The molecule has 35 heavy (non-hydrogen) atoms. The molecule has 1 saturated carbocycles. The Bertz CT molecular complexity index is 1190. The van der Waals surface area contributed by atoms with E-state index in [2.05, 4.69) is 26.9 Å². The van der Waals surface area contributed by atoms with Gasteiger partial charge in [-0.2, -0.15) is 0 Å². The highest BCUT2D eigenvalue weighted by Gasteiger charge is 2.32. The SMILES string of the molecule is COc1cc(F)cc2c(C(=O)N[C@H]3CCC[C@H]3c3ccccc3)c(C)n(CCN3CCOCC3)c12. The lowest BCUT2D eigenvalue weighted by atomic mass is 9.94. The Hall–Kier alpha value is -2.90. The Kier molecular flexibility index (Phi) is 7.07. The largest absolute Gasteiger partial charge is 0.494 e. The second-order valence-corrected chi connectivity index (χ2v) is 9.60. The molecule has 2 atom stereocenters. The molecular weight excluding hydrogens is 445 g/mol. The molecule has 5 rings (SSSR count). The smallest absolute Gasteiger partial charge is 0.253 e. The summed E-state index contributed by atoms with van der Waals surface area (Å²) in [5.41, 5.74) is 3.41. The lowest BCUT2D eigenvalue weighted by Gasteiger charge is -2.27. The Balaban J connectivity index is 1.47. The van der Waals surface area contributed by atoms with Gasteiger partial charge in [0.05, 0.1) is 31.4 Å². The van der Waals surface area contributed by atoms with Crippen molar-refractivity contribution >= 4 is 16.8 Å². The van der Waals surface area contributed by atoms with Crippen LogP contribution in [0.1, 0.15) is 46.8 Å². The number of morpholine rings is 1. The average molecular weight is 480 g/mol. The molecule has 2 fully saturated rings. The van der Waals surface area contributed by atoms with Crippen molar-refractivity contribution < 1.29 is 18.7 Å². The molecule has 186 valence electrons. The van der Waals surface area contributed by atoms with Crippen LogP contribution < -0.4 is 10.1 Å². The molecule has 1 amide bonds. The lowest BCUT2D eigenvalue weighted by molar-refractivity contribution is 0.0365. The van der Waals surface area contributed by atoms with Crippen LogP contribution in [0.3, 0.4) is 0 Å². The van der Waals surface area contributed by atoms with Gasteiger partial charge in [-0.25, -0.2) is 4.39 Å². The normalized spacial score (nSPS) is 20.9. The summed E-state index contributed by atoms with van der Waals surface area (Å²) < 4.78 is 27.7. The van der Waals surface area contributed by atoms with Crippen molar-refractivity contribution in [2.75, 3.05) is 40.0 Å². The number of methoxy groups -OCH3 is 1. The molecule has 1 aromatic heterocycles. The van der Waals surface area contributed by atoms with E-state index >= 15 is 0 Å². The molecule has 6 nitrogen and oxygen atoms in total. The topological polar surface area (TPSA) is 55.7 Å². The van der Waals surface area contributed by atoms with E-state index in [-0.39, 0.29) is 11.9 Å². The van der Waals surface area contributed by atoms with Gasteiger partial charge in [0.25, 0.3) is 5.91 Å². The van der Waals surface area contributed by atoms with Crippen LogP contribution in [0.4, 0.5) is 4.39 Å². The molecule has 2 aromatic carbocycles. The third-order valence-corrected chi connectivity index (χ3v) is 7.60. The average Bonchev–Trinajstić information content (AvgIpc) is 3.44. The summed E-state index contributed by atoms with van der Waals surface area (Å²) in [6, 6.07) is 13.3. The maximum atomic E-state index is 14.6. The predicted octanol–water partition coefficient (Wildman–Crippen LogP) is 4.50. The maximum absolute atomic E-state index is 14.6. The number of benzene rings is 2. The zero-order chi connectivity index (χ0) is 24.4. The Morgan fingerprint density at radius 2 is 1.91 bits per heavy atom. The molecule has 7 heteroatoms. The number of carbonyl (C=O) groups excluding carboxylic acids is 1. The summed E-state index contributed by atoms with van der Waals surface area (Å²) >= 11 is 0. The van der Waals surface area contributed by atoms with E-state index in [0.717, 1.165) is 63.3 Å². The Morgan fingerprint density at radius 1 is 1.14 bits per heavy atom. The highest BCUT2D eigenvalue weighted by atomic mass is 19.1. The van der Waals surface area contributed by atoms with Crippen LogP contribution in [0.15, 0.2) is 42.5 Å². The minimum absolute atomic E-state index is 0.0616. The van der Waals surface area contributed by atoms with Crippen LogP contribution in [0.25, 0.3) is 10.9 Å². The van der Waals surface area contributed by atoms with Gasteiger partial charge >= 0.3 is 0 Å². The molecule has 0 unspecified atom stereocenters. The fraction of sp³-hybridized carbons (Fsp3) is 0.464. The Morgan fingerprint density at radius 3 is 2.66 bits per heavy atom. The molecule has 1 aliphatic heterocycles. The summed E-state index contributed by atoms with van der Waals surface area (Å²) in [7, 11) is 1.55. The zero-order valence-corrected chi connectivity index (χ0v) is 20.6. The molecule has 0 radical (unpaired) electrons. The molecule has 0 bridgehead atoms. The standard InChI is InChI=1S/C28H34FN3O3/c1-19-26(28(33)30-24-10-6-9-22(24)20-7-4-3-5-8-20)23-17-21(29)18-25(34-2)27(23)32(19)12-11-31-13-15-35-16-14-31/h3-5,7-8,17-18,22,24H,6,9-16H2,1-2H3,(H,30,33)/t22-,24-/m0/s1. The number of hydrogen-bond acceptors (Lipinski definition) is 4. The lowest BCUT2D eigenvalue weighted by Crippen LogP contribution is -2.38. The van der Waals surface area contributed by atoms with Gasteiger partial charge < -0.3 is 19.4 Å². The Labute approximate surface area is 206 Å². The first kappa shape index (κ1) is 23.8. The highest BCUT2D eigenvalue weighted by Crippen LogP contribution is 2.37. The molecule has 1 N–H and O–H groups in total. The predicted molar refractivity (Wildman–Crippen MR) is 135 cm³/mol. The number of ether oxygens (including phenoxy) is 2. The molecular formula is C28H34FN3O3. The van der Waals surface area contributed by atoms with E-state index in [1.807, 2.05) is 25.1 Å². The summed E-state index contributed by atoms with van der Waals surface area (Å²) in [5, 5.41) is 3.91. The van der Waals surface area contributed by atoms with Crippen LogP contribution >= 0.6 is 0 Å². The van der Waals surface area contributed by atoms with Crippen LogP contribution in [-0.4, -0.2) is 61.4 Å². The van der Waals surface area contributed by atoms with E-state index in [9.17, 15) is 9.18 Å².